The van der Waals surface area contributed by atoms with Crippen molar-refractivity contribution >= 4 is 10.8 Å². The van der Waals surface area contributed by atoms with Gasteiger partial charge in [-0.2, -0.15) is 0 Å². The zero-order valence-electron chi connectivity index (χ0n) is 32.1. The fourth-order valence-corrected chi connectivity index (χ4v) is 9.76. The number of aryl methyl sites for hydroxylation is 7. The molecule has 5 aromatic rings. The summed E-state index contributed by atoms with van der Waals surface area (Å²) in [6.07, 6.45) is 22.8. The number of fused-ring (bicyclic) bond motifs is 12. The van der Waals surface area contributed by atoms with Gasteiger partial charge in [-0.25, -0.2) is 18.3 Å². The summed E-state index contributed by atoms with van der Waals surface area (Å²) in [5.41, 5.74) is 15.5. The second-order valence-corrected chi connectivity index (χ2v) is 16.1. The van der Waals surface area contributed by atoms with Gasteiger partial charge in [0.15, 0.2) is 47.6 Å². The fraction of sp³-hybridized carbons (Fsp3) is 0.478. The van der Waals surface area contributed by atoms with Crippen molar-refractivity contribution in [1.29, 1.82) is 0 Å². The van der Waals surface area contributed by atoms with Crippen LogP contribution in [0.2, 0.25) is 0 Å². The molecule has 0 radical (unpaired) electrons. The Morgan fingerprint density at radius 2 is 1.14 bits per heavy atom. The van der Waals surface area contributed by atoms with Crippen molar-refractivity contribution in [3.63, 3.8) is 0 Å². The van der Waals surface area contributed by atoms with E-state index in [1.165, 1.54) is 97.8 Å². The number of hydrogen-bond donors (Lipinski definition) is 0. The van der Waals surface area contributed by atoms with Gasteiger partial charge in [0.2, 0.25) is 0 Å². The number of hydrogen-bond acceptors (Lipinski definition) is 0. The molecule has 260 valence electrons. The van der Waals surface area contributed by atoms with E-state index < -0.39 is 0 Å². The van der Waals surface area contributed by atoms with E-state index in [9.17, 15) is 0 Å². The molecule has 0 amide bonds. The molecule has 4 heterocycles. The number of benzene rings is 1. The molecule has 1 aromatic carbocycles. The van der Waals surface area contributed by atoms with E-state index in [4.69, 9.17) is 0 Å². The van der Waals surface area contributed by atoms with Gasteiger partial charge in [0.1, 0.15) is 28.2 Å². The highest BCUT2D eigenvalue weighted by Crippen LogP contribution is 2.53. The van der Waals surface area contributed by atoms with E-state index in [2.05, 4.69) is 147 Å². The molecule has 4 heteroatoms. The van der Waals surface area contributed by atoms with Gasteiger partial charge in [0, 0.05) is 74.0 Å². The number of rotatable bonds is 0. The average molecular weight is 669 g/mol. The van der Waals surface area contributed by atoms with Crippen molar-refractivity contribution in [3.8, 4) is 0 Å². The molecule has 50 heavy (non-hydrogen) atoms. The average Bonchev–Trinajstić information content (AvgIpc) is 3.94. The van der Waals surface area contributed by atoms with Crippen LogP contribution in [0.1, 0.15) is 131 Å². The van der Waals surface area contributed by atoms with Gasteiger partial charge < -0.3 is 0 Å². The zero-order chi connectivity index (χ0) is 35.1. The van der Waals surface area contributed by atoms with Crippen molar-refractivity contribution in [2.75, 3.05) is 0 Å². The molecule has 4 bridgehead atoms. The summed E-state index contributed by atoms with van der Waals surface area (Å²) < 4.78 is 8.89. The maximum atomic E-state index is 2.40. The van der Waals surface area contributed by atoms with E-state index in [1.807, 2.05) is 0 Å². The normalized spacial score (nSPS) is 21.6. The lowest BCUT2D eigenvalue weighted by Crippen LogP contribution is -2.33. The highest BCUT2D eigenvalue weighted by molar-refractivity contribution is 5.83. The molecular weight excluding hydrogens is 609 g/mol. The maximum absolute atomic E-state index is 2.40. The number of aromatic nitrogens is 4. The van der Waals surface area contributed by atoms with E-state index in [0.29, 0.717) is 0 Å². The minimum Gasteiger partial charge on any atom is -0.205 e. The van der Waals surface area contributed by atoms with Gasteiger partial charge in [-0.3, -0.25) is 0 Å². The number of pyridine rings is 4. The Labute approximate surface area is 301 Å². The summed E-state index contributed by atoms with van der Waals surface area (Å²) in [5.74, 6) is 3.60. The lowest BCUT2D eigenvalue weighted by Gasteiger charge is -2.15. The third kappa shape index (κ3) is 6.63. The van der Waals surface area contributed by atoms with Crippen LogP contribution in [0.5, 0.6) is 0 Å². The topological polar surface area (TPSA) is 15.5 Å². The van der Waals surface area contributed by atoms with Gasteiger partial charge in [-0.05, 0) is 116 Å². The van der Waals surface area contributed by atoms with Gasteiger partial charge in [0.25, 0.3) is 0 Å². The van der Waals surface area contributed by atoms with Crippen LogP contribution in [0.4, 0.5) is 0 Å². The minimum atomic E-state index is 0.895. The van der Waals surface area contributed by atoms with Gasteiger partial charge >= 0.3 is 0 Å². The second-order valence-electron chi connectivity index (χ2n) is 16.1. The molecular formula is C46H60N4+4. The largest absolute Gasteiger partial charge is 0.205 e. The van der Waals surface area contributed by atoms with Crippen LogP contribution in [0, 0.1) is 27.7 Å². The van der Waals surface area contributed by atoms with Gasteiger partial charge in [-0.1, -0.05) is 18.2 Å². The summed E-state index contributed by atoms with van der Waals surface area (Å²) in [4.78, 5) is 0. The first-order chi connectivity index (χ1) is 24.1. The van der Waals surface area contributed by atoms with Crippen LogP contribution in [0.15, 0.2) is 73.3 Å². The molecule has 4 unspecified atom stereocenters. The smallest absolute Gasteiger partial charge is 0.185 e. The first-order valence-electron chi connectivity index (χ1n) is 19.4. The lowest BCUT2D eigenvalue weighted by atomic mass is 9.91. The second kappa shape index (κ2) is 14.4. The number of nitrogens with zero attached hydrogens (tertiary/aromatic N) is 4. The van der Waals surface area contributed by atoms with Crippen molar-refractivity contribution in [1.82, 2.24) is 0 Å². The van der Waals surface area contributed by atoms with E-state index >= 15 is 0 Å². The highest BCUT2D eigenvalue weighted by atomic mass is 14.9. The lowest BCUT2D eigenvalue weighted by molar-refractivity contribution is -0.678. The zero-order valence-corrected chi connectivity index (χ0v) is 32.1. The molecule has 5 aliphatic carbocycles. The molecule has 10 rings (SSSR count). The summed E-state index contributed by atoms with van der Waals surface area (Å²) in [6, 6.07) is 17.6. The molecule has 0 aliphatic heterocycles. The van der Waals surface area contributed by atoms with Crippen LogP contribution in [0.3, 0.4) is 0 Å². The Morgan fingerprint density at radius 3 is 1.94 bits per heavy atom. The van der Waals surface area contributed by atoms with Crippen molar-refractivity contribution in [3.05, 3.63) is 129 Å². The van der Waals surface area contributed by atoms with Crippen LogP contribution >= 0.6 is 0 Å². The Balaban J connectivity index is 0.000000105. The monoisotopic (exact) mass is 668 g/mol. The summed E-state index contributed by atoms with van der Waals surface area (Å²) >= 11 is 0. The Bertz CT molecular complexity index is 2000. The van der Waals surface area contributed by atoms with Gasteiger partial charge in [-0.15, -0.1) is 0 Å². The molecule has 2 saturated carbocycles. The molecule has 0 N–H and O–H groups in total. The molecule has 4 nitrogen and oxygen atoms in total. The van der Waals surface area contributed by atoms with E-state index in [-0.39, 0.29) is 0 Å². The Kier molecular flexibility index (Phi) is 9.92. The SMILES string of the molecule is Cc1c2c(cc[n+]1C)C1CCC2C1.Cc1c2c(cc[n+]1C)CCCC2.Cc1c2ccccc2cc[n+]1C.Cc1cc2c(c[n+]1C)C1CCC2C1. The molecule has 2 fully saturated rings. The van der Waals surface area contributed by atoms with Crippen LogP contribution < -0.4 is 18.3 Å². The first-order valence-corrected chi connectivity index (χ1v) is 19.4. The van der Waals surface area contributed by atoms with E-state index in [1.54, 1.807) is 33.4 Å². The third-order valence-corrected chi connectivity index (χ3v) is 13.2. The molecule has 0 spiro atoms. The van der Waals surface area contributed by atoms with Crippen LogP contribution in [-0.2, 0) is 41.0 Å². The summed E-state index contributed by atoms with van der Waals surface area (Å²) in [7, 11) is 8.51. The summed E-state index contributed by atoms with van der Waals surface area (Å²) in [6.45, 7) is 8.83. The quantitative estimate of drug-likeness (QED) is 0.149. The fourth-order valence-electron chi connectivity index (χ4n) is 9.76. The molecule has 4 atom stereocenters. The Morgan fingerprint density at radius 1 is 0.540 bits per heavy atom. The molecule has 4 aromatic heterocycles. The van der Waals surface area contributed by atoms with Crippen molar-refractivity contribution < 1.29 is 18.3 Å². The van der Waals surface area contributed by atoms with Gasteiger partial charge in [0.05, 0.1) is 0 Å². The highest BCUT2D eigenvalue weighted by Gasteiger charge is 2.40. The molecule has 0 saturated heterocycles. The predicted octanol–water partition coefficient (Wildman–Crippen LogP) is 8.04. The standard InChI is InChI=1S/2C12H16N.C11H16N.C11H12N/c1-8-5-11-9-3-4-10(6-9)12(11)7-13(8)2;1-8-12-10-4-3-9(7-10)11(12)5-6-13(8)2;2*1-9-11-6-4-3-5-10(11)7-8-12(9)2/h5,7,9-10H,3-4,6H2,1-2H3;5-6,9-10H,3-4,7H2,1-2H3;7-8H,3-6H2,1-2H3;3-8H,1-2H3/q4*+1. The molecule has 5 aliphatic rings. The third-order valence-electron chi connectivity index (χ3n) is 13.2. The predicted molar refractivity (Wildman–Crippen MR) is 202 cm³/mol. The first kappa shape index (κ1) is 34.5. The van der Waals surface area contributed by atoms with Crippen molar-refractivity contribution in [2.45, 2.75) is 116 Å². The van der Waals surface area contributed by atoms with Crippen LogP contribution in [-0.4, -0.2) is 0 Å². The van der Waals surface area contributed by atoms with E-state index in [0.717, 1.165) is 23.7 Å². The Hall–Kier alpha value is -3.92. The van der Waals surface area contributed by atoms with Crippen molar-refractivity contribution in [2.24, 2.45) is 28.2 Å². The summed E-state index contributed by atoms with van der Waals surface area (Å²) in [5, 5.41) is 2.65. The van der Waals surface area contributed by atoms with Crippen LogP contribution in [0.25, 0.3) is 10.8 Å². The minimum absolute atomic E-state index is 0.895. The maximum Gasteiger partial charge on any atom is 0.185 e.